The fraction of sp³-hybridized carbons (Fsp3) is 0.519. The molecule has 0 unspecified atom stereocenters. The van der Waals surface area contributed by atoms with Crippen LogP contribution in [0.2, 0.25) is 0 Å². The smallest absolute Gasteiger partial charge is 0.223 e. The van der Waals surface area contributed by atoms with Crippen molar-refractivity contribution in [3.63, 3.8) is 0 Å². The van der Waals surface area contributed by atoms with Crippen LogP contribution < -0.4 is 0 Å². The topological polar surface area (TPSA) is 60.8 Å². The highest BCUT2D eigenvalue weighted by molar-refractivity contribution is 5.79. The van der Waals surface area contributed by atoms with Crippen LogP contribution in [0.1, 0.15) is 37.7 Å². The molecule has 1 aliphatic heterocycles. The number of carbonyl (C=O) groups is 1. The van der Waals surface area contributed by atoms with Gasteiger partial charge in [0.2, 0.25) is 5.91 Å². The predicted octanol–water partition coefficient (Wildman–Crippen LogP) is 3.75. The molecule has 0 spiro atoms. The van der Waals surface area contributed by atoms with Gasteiger partial charge in [-0.1, -0.05) is 36.4 Å². The first-order chi connectivity index (χ1) is 15.4. The third-order valence-corrected chi connectivity index (χ3v) is 9.03. The summed E-state index contributed by atoms with van der Waals surface area (Å²) < 4.78 is 13.3. The number of halogens is 1. The van der Waals surface area contributed by atoms with Gasteiger partial charge in [0.05, 0.1) is 12.2 Å². The molecule has 4 nitrogen and oxygen atoms in total. The minimum absolute atomic E-state index is 0.144. The van der Waals surface area contributed by atoms with Crippen molar-refractivity contribution >= 4 is 5.91 Å². The Labute approximate surface area is 188 Å². The van der Waals surface area contributed by atoms with Crippen LogP contribution in [0.25, 0.3) is 11.1 Å². The van der Waals surface area contributed by atoms with Crippen LogP contribution in [0.5, 0.6) is 0 Å². The summed E-state index contributed by atoms with van der Waals surface area (Å²) in [6.45, 7) is 0.884. The van der Waals surface area contributed by atoms with E-state index >= 15 is 0 Å². The summed E-state index contributed by atoms with van der Waals surface area (Å²) in [6.07, 6.45) is 3.88. The van der Waals surface area contributed by atoms with E-state index in [0.29, 0.717) is 43.2 Å². The Morgan fingerprint density at radius 2 is 1.38 bits per heavy atom. The molecule has 4 saturated carbocycles. The van der Waals surface area contributed by atoms with Crippen molar-refractivity contribution < 1.29 is 19.4 Å². The van der Waals surface area contributed by atoms with E-state index in [-0.39, 0.29) is 23.2 Å². The number of hydrogen-bond acceptors (Lipinski definition) is 3. The van der Waals surface area contributed by atoms with Crippen molar-refractivity contribution in [3.05, 3.63) is 59.9 Å². The van der Waals surface area contributed by atoms with Crippen molar-refractivity contribution in [1.82, 2.24) is 4.90 Å². The molecule has 2 aromatic carbocycles. The number of hydrogen-bond donors (Lipinski definition) is 2. The monoisotopic (exact) mass is 435 g/mol. The molecule has 1 heterocycles. The van der Waals surface area contributed by atoms with Crippen LogP contribution in [0.15, 0.2) is 48.5 Å². The number of benzene rings is 2. The molecule has 5 aliphatic rings. The lowest BCUT2D eigenvalue weighted by Crippen LogP contribution is -2.62. The first-order valence-electron chi connectivity index (χ1n) is 11.9. The standard InChI is InChI=1S/C27H30FNO3/c28-23-7-3-17(4-8-23)16-1-5-20(6-2-16)27(13-25(31)29-14-24(30)15-29)21-9-18-10-22(27)12-19(11-21)26(18)32/h1-8,18-19,21-22,24,26,30,32H,9-15H2. The van der Waals surface area contributed by atoms with E-state index in [0.717, 1.165) is 36.8 Å². The van der Waals surface area contributed by atoms with Crippen LogP contribution in [0.4, 0.5) is 4.39 Å². The highest BCUT2D eigenvalue weighted by Gasteiger charge is 2.61. The van der Waals surface area contributed by atoms with Crippen molar-refractivity contribution in [1.29, 1.82) is 0 Å². The number of rotatable bonds is 4. The summed E-state index contributed by atoms with van der Waals surface area (Å²) in [6, 6.07) is 15.1. The molecule has 1 amide bonds. The number of amides is 1. The van der Waals surface area contributed by atoms with Gasteiger partial charge in [-0.15, -0.1) is 0 Å². The van der Waals surface area contributed by atoms with E-state index in [1.165, 1.54) is 17.7 Å². The van der Waals surface area contributed by atoms with Crippen molar-refractivity contribution in [3.8, 4) is 11.1 Å². The van der Waals surface area contributed by atoms with Crippen LogP contribution >= 0.6 is 0 Å². The minimum atomic E-state index is -0.390. The number of carbonyl (C=O) groups excluding carboxylic acids is 1. The van der Waals surface area contributed by atoms with E-state index in [2.05, 4.69) is 24.3 Å². The summed E-state index contributed by atoms with van der Waals surface area (Å²) >= 11 is 0. The largest absolute Gasteiger partial charge is 0.393 e. The molecule has 5 heteroatoms. The molecule has 2 N–H and O–H groups in total. The molecule has 7 rings (SSSR count). The third-order valence-electron chi connectivity index (χ3n) is 9.03. The van der Waals surface area contributed by atoms with Crippen LogP contribution in [0, 0.1) is 29.5 Å². The SMILES string of the molecule is O=C(CC1(c2ccc(-c3ccc(F)cc3)cc2)C2CC3CC1CC(C2)C3O)N1CC(O)C1. The quantitative estimate of drug-likeness (QED) is 0.769. The Kier molecular flexibility index (Phi) is 4.71. The molecular weight excluding hydrogens is 405 g/mol. The van der Waals surface area contributed by atoms with Gasteiger partial charge in [0.15, 0.2) is 0 Å². The minimum Gasteiger partial charge on any atom is -0.393 e. The Balaban J connectivity index is 1.36. The zero-order valence-electron chi connectivity index (χ0n) is 18.2. The van der Waals surface area contributed by atoms with E-state index in [1.54, 1.807) is 17.0 Å². The normalized spacial score (nSPS) is 35.7. The molecule has 0 atom stereocenters. The summed E-state index contributed by atoms with van der Waals surface area (Å²) in [5.74, 6) is 1.44. The number of likely N-dealkylation sites (tertiary alicyclic amines) is 1. The lowest BCUT2D eigenvalue weighted by atomic mass is 9.42. The second-order valence-electron chi connectivity index (χ2n) is 10.6. The molecular formula is C27H30FNO3. The average molecular weight is 436 g/mol. The predicted molar refractivity (Wildman–Crippen MR) is 119 cm³/mol. The Bertz CT molecular complexity index is 982. The van der Waals surface area contributed by atoms with Gasteiger partial charge in [-0.3, -0.25) is 4.79 Å². The zero-order chi connectivity index (χ0) is 22.0. The van der Waals surface area contributed by atoms with Gasteiger partial charge in [0.1, 0.15) is 5.82 Å². The van der Waals surface area contributed by atoms with Gasteiger partial charge in [0.25, 0.3) is 0 Å². The fourth-order valence-electron chi connectivity index (χ4n) is 7.46. The van der Waals surface area contributed by atoms with Crippen LogP contribution in [0.3, 0.4) is 0 Å². The molecule has 0 aromatic heterocycles. The van der Waals surface area contributed by atoms with Gasteiger partial charge in [-0.25, -0.2) is 4.39 Å². The number of nitrogens with zero attached hydrogens (tertiary/aromatic N) is 1. The maximum Gasteiger partial charge on any atom is 0.223 e. The highest BCUT2D eigenvalue weighted by atomic mass is 19.1. The summed E-state index contributed by atoms with van der Waals surface area (Å²) in [4.78, 5) is 15.0. The molecule has 5 fully saturated rings. The number of β-amino-alcohol motifs (C(OH)–C–C–N with tert-alkyl or cyclic N) is 1. The maximum atomic E-state index is 13.3. The van der Waals surface area contributed by atoms with Gasteiger partial charge in [-0.2, -0.15) is 0 Å². The van der Waals surface area contributed by atoms with E-state index in [9.17, 15) is 19.4 Å². The Morgan fingerprint density at radius 3 is 1.88 bits per heavy atom. The van der Waals surface area contributed by atoms with E-state index in [1.807, 2.05) is 0 Å². The summed E-state index contributed by atoms with van der Waals surface area (Å²) in [5, 5.41) is 20.4. The van der Waals surface area contributed by atoms with Gasteiger partial charge in [-0.05, 0) is 78.2 Å². The van der Waals surface area contributed by atoms with Crippen molar-refractivity contribution in [2.24, 2.45) is 23.7 Å². The maximum absolute atomic E-state index is 13.3. The first-order valence-corrected chi connectivity index (χ1v) is 11.9. The third kappa shape index (κ3) is 3.05. The van der Waals surface area contributed by atoms with Crippen LogP contribution in [-0.4, -0.2) is 46.3 Å². The summed E-state index contributed by atoms with van der Waals surface area (Å²) in [7, 11) is 0. The summed E-state index contributed by atoms with van der Waals surface area (Å²) in [5.41, 5.74) is 3.04. The lowest BCUT2D eigenvalue weighted by molar-refractivity contribution is -0.158. The first kappa shape index (κ1) is 20.4. The fourth-order valence-corrected chi connectivity index (χ4v) is 7.46. The molecule has 0 radical (unpaired) electrons. The number of aliphatic hydroxyl groups is 2. The van der Waals surface area contributed by atoms with Crippen molar-refractivity contribution in [2.75, 3.05) is 13.1 Å². The van der Waals surface area contributed by atoms with Gasteiger partial charge < -0.3 is 15.1 Å². The molecule has 1 saturated heterocycles. The second-order valence-corrected chi connectivity index (χ2v) is 10.6. The van der Waals surface area contributed by atoms with Crippen LogP contribution in [-0.2, 0) is 10.2 Å². The Hall–Kier alpha value is -2.24. The molecule has 4 aliphatic carbocycles. The Morgan fingerprint density at radius 1 is 0.875 bits per heavy atom. The molecule has 2 aromatic rings. The van der Waals surface area contributed by atoms with Gasteiger partial charge in [0, 0.05) is 24.9 Å². The molecule has 32 heavy (non-hydrogen) atoms. The van der Waals surface area contributed by atoms with Crippen molar-refractivity contribution in [2.45, 2.75) is 49.7 Å². The second kappa shape index (κ2) is 7.39. The zero-order valence-corrected chi connectivity index (χ0v) is 18.2. The van der Waals surface area contributed by atoms with E-state index < -0.39 is 6.10 Å². The number of aliphatic hydroxyl groups excluding tert-OH is 2. The highest BCUT2D eigenvalue weighted by Crippen LogP contribution is 2.64. The molecule has 168 valence electrons. The van der Waals surface area contributed by atoms with Gasteiger partial charge >= 0.3 is 0 Å². The van der Waals surface area contributed by atoms with E-state index in [4.69, 9.17) is 0 Å². The lowest BCUT2D eigenvalue weighted by Gasteiger charge is -2.63. The molecule has 4 bridgehead atoms. The average Bonchev–Trinajstić information content (AvgIpc) is 2.76.